The Morgan fingerprint density at radius 3 is 2.51 bits per heavy atom. The number of hydrazine groups is 1. The Morgan fingerprint density at radius 1 is 1.10 bits per heavy atom. The van der Waals surface area contributed by atoms with Crippen LogP contribution >= 0.6 is 39.1 Å². The zero-order valence-corrected chi connectivity index (χ0v) is 24.1. The number of aliphatic imine (C=N–C) groups is 1. The van der Waals surface area contributed by atoms with Gasteiger partial charge in [0.2, 0.25) is 5.90 Å². The molecule has 5 rings (SSSR count). The van der Waals surface area contributed by atoms with Gasteiger partial charge in [0, 0.05) is 51.1 Å². The minimum absolute atomic E-state index is 0.0650. The number of carbonyl (C=O) groups is 1. The van der Waals surface area contributed by atoms with Crippen molar-refractivity contribution in [1.82, 2.24) is 10.9 Å². The van der Waals surface area contributed by atoms with E-state index in [1.54, 1.807) is 18.2 Å². The Balaban J connectivity index is 1.56. The molecule has 0 aromatic heterocycles. The molecule has 0 saturated heterocycles. The van der Waals surface area contributed by atoms with Gasteiger partial charge in [-0.05, 0) is 66.9 Å². The number of hydrogen-bond acceptors (Lipinski definition) is 6. The summed E-state index contributed by atoms with van der Waals surface area (Å²) in [5.74, 6) is 0.675. The number of benzene rings is 3. The van der Waals surface area contributed by atoms with E-state index in [-0.39, 0.29) is 25.0 Å². The molecule has 0 unspecified atom stereocenters. The van der Waals surface area contributed by atoms with E-state index in [4.69, 9.17) is 42.8 Å². The van der Waals surface area contributed by atoms with Gasteiger partial charge in [0.15, 0.2) is 11.6 Å². The van der Waals surface area contributed by atoms with Crippen molar-refractivity contribution in [2.45, 2.75) is 43.4 Å². The minimum Gasteiger partial charge on any atom is -0.494 e. The van der Waals surface area contributed by atoms with E-state index in [0.717, 1.165) is 22.9 Å². The van der Waals surface area contributed by atoms with Crippen LogP contribution < -0.4 is 15.6 Å². The first-order valence-corrected chi connectivity index (χ1v) is 14.3. The fourth-order valence-electron chi connectivity index (χ4n) is 4.39. The zero-order chi connectivity index (χ0) is 27.4. The van der Waals surface area contributed by atoms with Crippen molar-refractivity contribution in [3.8, 4) is 5.75 Å². The highest BCUT2D eigenvalue weighted by atomic mass is 79.9. The average Bonchev–Trinajstić information content (AvgIpc) is 3.69. The monoisotopic (exact) mass is 631 g/mol. The smallest absolute Gasteiger partial charge is 0.266 e. The quantitative estimate of drug-likeness (QED) is 0.184. The summed E-state index contributed by atoms with van der Waals surface area (Å²) < 4.78 is 13.1. The van der Waals surface area contributed by atoms with E-state index in [1.807, 2.05) is 48.5 Å². The van der Waals surface area contributed by atoms with Crippen LogP contribution in [0.3, 0.4) is 0 Å². The number of amides is 1. The molecular formula is C29H28BrCl2N3O4. The fourth-order valence-corrected chi connectivity index (χ4v) is 5.16. The van der Waals surface area contributed by atoms with Crippen molar-refractivity contribution in [3.05, 3.63) is 97.9 Å². The van der Waals surface area contributed by atoms with Crippen LogP contribution in [0.25, 0.3) is 0 Å². The molecule has 0 spiro atoms. The summed E-state index contributed by atoms with van der Waals surface area (Å²) >= 11 is 16.4. The van der Waals surface area contributed by atoms with Gasteiger partial charge < -0.3 is 14.6 Å². The van der Waals surface area contributed by atoms with Crippen LogP contribution in [0, 0.1) is 0 Å². The molecule has 2 atom stereocenters. The van der Waals surface area contributed by atoms with Crippen molar-refractivity contribution < 1.29 is 19.4 Å². The molecule has 1 fully saturated rings. The number of aliphatic hydroxyl groups is 1. The van der Waals surface area contributed by atoms with E-state index in [2.05, 4.69) is 26.8 Å². The number of aliphatic hydroxyl groups excluding tert-OH is 1. The van der Waals surface area contributed by atoms with E-state index in [1.165, 1.54) is 0 Å². The van der Waals surface area contributed by atoms with Gasteiger partial charge in [-0.3, -0.25) is 10.2 Å². The Labute approximate surface area is 245 Å². The number of ether oxygens (including phenoxy) is 2. The number of hydrogen-bond donors (Lipinski definition) is 3. The number of rotatable bonds is 11. The molecule has 1 heterocycles. The summed E-state index contributed by atoms with van der Waals surface area (Å²) in [4.78, 5) is 19.0. The molecule has 0 radical (unpaired) electrons. The fraction of sp³-hybridized carbons (Fsp3) is 0.310. The molecule has 1 amide bonds. The summed E-state index contributed by atoms with van der Waals surface area (Å²) in [6, 6.07) is 20.5. The lowest BCUT2D eigenvalue weighted by atomic mass is 9.82. The van der Waals surface area contributed by atoms with Crippen molar-refractivity contribution in [1.29, 1.82) is 0 Å². The average molecular weight is 633 g/mol. The zero-order valence-electron chi connectivity index (χ0n) is 21.0. The third-order valence-electron chi connectivity index (χ3n) is 6.63. The minimum atomic E-state index is -1.36. The van der Waals surface area contributed by atoms with Crippen LogP contribution in [-0.2, 0) is 16.0 Å². The van der Waals surface area contributed by atoms with Gasteiger partial charge in [-0.1, -0.05) is 57.3 Å². The Bertz CT molecular complexity index is 1350. The number of nitrogens with zero attached hydrogens (tertiary/aromatic N) is 1. The van der Waals surface area contributed by atoms with Gasteiger partial charge in [0.1, 0.15) is 5.75 Å². The van der Waals surface area contributed by atoms with Gasteiger partial charge in [-0.2, -0.15) is 0 Å². The SMILES string of the molecule is O=C(NNC1CC1)[C@@]1(Cc2ccc(Br)cc2)N=C(c2ccc(OCCCO)cc2)O[C@H]1c1ccc(Cl)cc1Cl. The highest BCUT2D eigenvalue weighted by molar-refractivity contribution is 9.10. The Morgan fingerprint density at radius 2 is 1.85 bits per heavy atom. The van der Waals surface area contributed by atoms with Crippen LogP contribution in [0.5, 0.6) is 5.75 Å². The Hall–Kier alpha value is -2.62. The summed E-state index contributed by atoms with van der Waals surface area (Å²) in [6.07, 6.45) is 2.01. The topological polar surface area (TPSA) is 92.2 Å². The van der Waals surface area contributed by atoms with E-state index < -0.39 is 11.6 Å². The maximum Gasteiger partial charge on any atom is 0.266 e. The van der Waals surface area contributed by atoms with Crippen LogP contribution in [0.1, 0.15) is 42.1 Å². The van der Waals surface area contributed by atoms with E-state index in [9.17, 15) is 4.79 Å². The molecular weight excluding hydrogens is 605 g/mol. The molecule has 204 valence electrons. The molecule has 7 nitrogen and oxygen atoms in total. The number of nitrogens with one attached hydrogen (secondary N) is 2. The highest BCUT2D eigenvalue weighted by Crippen LogP contribution is 2.45. The van der Waals surface area contributed by atoms with Crippen LogP contribution in [0.4, 0.5) is 0 Å². The summed E-state index contributed by atoms with van der Waals surface area (Å²) in [5, 5.41) is 9.87. The molecule has 3 aromatic rings. The van der Waals surface area contributed by atoms with Crippen LogP contribution in [0.15, 0.2) is 76.2 Å². The first-order valence-electron chi connectivity index (χ1n) is 12.7. The van der Waals surface area contributed by atoms with Gasteiger partial charge >= 0.3 is 0 Å². The van der Waals surface area contributed by atoms with E-state index >= 15 is 0 Å². The molecule has 1 aliphatic heterocycles. The summed E-state index contributed by atoms with van der Waals surface area (Å²) in [6.45, 7) is 0.477. The first-order chi connectivity index (χ1) is 18.9. The molecule has 3 aromatic carbocycles. The van der Waals surface area contributed by atoms with Gasteiger partial charge in [-0.25, -0.2) is 10.4 Å². The standard InChI is InChI=1S/C29H28BrCl2N3O4/c30-20-6-2-18(3-7-20)17-29(28(37)35-34-22-9-10-22)26(24-13-8-21(31)16-25(24)32)39-27(33-29)19-4-11-23(12-5-19)38-15-1-14-36/h2-8,11-13,16,22,26,34,36H,1,9-10,14-15,17H2,(H,35,37)/t26-,29-/m0/s1. The molecule has 0 bridgehead atoms. The largest absolute Gasteiger partial charge is 0.494 e. The second kappa shape index (κ2) is 12.3. The predicted octanol–water partition coefficient (Wildman–Crippen LogP) is 5.80. The lowest BCUT2D eigenvalue weighted by Gasteiger charge is -2.31. The lowest BCUT2D eigenvalue weighted by Crippen LogP contribution is -2.54. The maximum atomic E-state index is 14.0. The van der Waals surface area contributed by atoms with Crippen molar-refractivity contribution in [2.75, 3.05) is 13.2 Å². The molecule has 1 saturated carbocycles. The number of halogens is 3. The highest BCUT2D eigenvalue weighted by Gasteiger charge is 2.54. The van der Waals surface area contributed by atoms with Crippen LogP contribution in [-0.4, -0.2) is 41.7 Å². The molecule has 10 heteroatoms. The molecule has 39 heavy (non-hydrogen) atoms. The summed E-state index contributed by atoms with van der Waals surface area (Å²) in [5.41, 5.74) is 6.88. The second-order valence-corrected chi connectivity index (χ2v) is 11.4. The van der Waals surface area contributed by atoms with Crippen LogP contribution in [0.2, 0.25) is 10.0 Å². The number of carbonyl (C=O) groups excluding carboxylic acids is 1. The molecule has 2 aliphatic rings. The predicted molar refractivity (Wildman–Crippen MR) is 155 cm³/mol. The summed E-state index contributed by atoms with van der Waals surface area (Å²) in [7, 11) is 0. The normalized spacial score (nSPS) is 20.3. The van der Waals surface area contributed by atoms with Crippen molar-refractivity contribution >= 4 is 50.9 Å². The molecule has 1 aliphatic carbocycles. The molecule has 3 N–H and O–H groups in total. The van der Waals surface area contributed by atoms with Gasteiger partial charge in [-0.15, -0.1) is 0 Å². The van der Waals surface area contributed by atoms with Gasteiger partial charge in [0.25, 0.3) is 5.91 Å². The first kappa shape index (κ1) is 27.9. The van der Waals surface area contributed by atoms with Gasteiger partial charge in [0.05, 0.1) is 6.61 Å². The van der Waals surface area contributed by atoms with E-state index in [0.29, 0.717) is 45.8 Å². The Kier molecular flexibility index (Phi) is 8.79. The second-order valence-electron chi connectivity index (χ2n) is 9.63. The third kappa shape index (κ3) is 6.58. The van der Waals surface area contributed by atoms with Crippen molar-refractivity contribution in [2.24, 2.45) is 4.99 Å². The third-order valence-corrected chi connectivity index (χ3v) is 7.72. The lowest BCUT2D eigenvalue weighted by molar-refractivity contribution is -0.130. The van der Waals surface area contributed by atoms with Crippen molar-refractivity contribution in [3.63, 3.8) is 0 Å². The maximum absolute atomic E-state index is 14.0.